The molecule has 0 saturated carbocycles. The summed E-state index contributed by atoms with van der Waals surface area (Å²) < 4.78 is 0. The summed E-state index contributed by atoms with van der Waals surface area (Å²) in [5, 5.41) is 13.6. The molecule has 6 rings (SSSR count). The van der Waals surface area contributed by atoms with E-state index >= 15 is 0 Å². The van der Waals surface area contributed by atoms with Gasteiger partial charge in [0.15, 0.2) is 0 Å². The van der Waals surface area contributed by atoms with E-state index in [1.165, 1.54) is 59.4 Å². The van der Waals surface area contributed by atoms with E-state index in [0.29, 0.717) is 0 Å². The third kappa shape index (κ3) is 1.62. The molecule has 0 nitrogen and oxygen atoms in total. The number of hydrogen-bond acceptors (Lipinski definition) is 0. The molecule has 0 unspecified atom stereocenters. The average Bonchev–Trinajstić information content (AvgIpc) is 2.65. The van der Waals surface area contributed by atoms with Crippen LogP contribution in [0.1, 0.15) is 5.56 Å². The van der Waals surface area contributed by atoms with Crippen molar-refractivity contribution in [2.45, 2.75) is 6.92 Å². The van der Waals surface area contributed by atoms with Crippen molar-refractivity contribution in [1.82, 2.24) is 0 Å². The normalized spacial score (nSPS) is 12.2. The molecule has 0 radical (unpaired) electrons. The van der Waals surface area contributed by atoms with Crippen LogP contribution in [-0.2, 0) is 0 Å². The monoisotopic (exact) mass is 316 g/mol. The minimum absolute atomic E-state index is 1.31. The van der Waals surface area contributed by atoms with Crippen LogP contribution in [0.4, 0.5) is 0 Å². The second-order valence-electron chi connectivity index (χ2n) is 7.09. The summed E-state index contributed by atoms with van der Waals surface area (Å²) in [5.41, 5.74) is 1.31. The van der Waals surface area contributed by atoms with E-state index in [1.807, 2.05) is 0 Å². The van der Waals surface area contributed by atoms with E-state index in [-0.39, 0.29) is 0 Å². The molecule has 0 aromatic heterocycles. The van der Waals surface area contributed by atoms with Crippen molar-refractivity contribution in [3.8, 4) is 0 Å². The first kappa shape index (κ1) is 13.2. The van der Waals surface area contributed by atoms with Crippen LogP contribution in [0, 0.1) is 6.92 Å². The van der Waals surface area contributed by atoms with Crippen LogP contribution in [0.2, 0.25) is 0 Å². The van der Waals surface area contributed by atoms with Gasteiger partial charge >= 0.3 is 0 Å². The van der Waals surface area contributed by atoms with Crippen molar-refractivity contribution >= 4 is 53.9 Å². The molecule has 0 aliphatic heterocycles. The maximum Gasteiger partial charge on any atom is -0.00139 e. The van der Waals surface area contributed by atoms with Crippen LogP contribution in [0.15, 0.2) is 78.9 Å². The highest BCUT2D eigenvalue weighted by atomic mass is 14.2. The Bertz CT molecular complexity index is 1440. The molecule has 6 aromatic carbocycles. The van der Waals surface area contributed by atoms with E-state index in [1.54, 1.807) is 0 Å². The molecular weight excluding hydrogens is 300 g/mol. The van der Waals surface area contributed by atoms with Crippen molar-refractivity contribution in [3.05, 3.63) is 84.4 Å². The number of hydrogen-bond donors (Lipinski definition) is 0. The summed E-state index contributed by atoms with van der Waals surface area (Å²) in [6.07, 6.45) is 0. The molecule has 116 valence electrons. The highest BCUT2D eigenvalue weighted by Crippen LogP contribution is 2.43. The average molecular weight is 316 g/mol. The van der Waals surface area contributed by atoms with Crippen molar-refractivity contribution in [3.63, 3.8) is 0 Å². The Labute approximate surface area is 145 Å². The van der Waals surface area contributed by atoms with Gasteiger partial charge in [0.05, 0.1) is 0 Å². The Morgan fingerprint density at radius 2 is 1.20 bits per heavy atom. The maximum atomic E-state index is 2.35. The van der Waals surface area contributed by atoms with Crippen LogP contribution in [0.25, 0.3) is 53.9 Å². The van der Waals surface area contributed by atoms with Gasteiger partial charge in [0.1, 0.15) is 0 Å². The van der Waals surface area contributed by atoms with Gasteiger partial charge in [0.2, 0.25) is 0 Å². The van der Waals surface area contributed by atoms with Crippen LogP contribution >= 0.6 is 0 Å². The molecule has 0 saturated heterocycles. The highest BCUT2D eigenvalue weighted by Gasteiger charge is 2.15. The molecule has 0 heteroatoms. The number of aryl methyl sites for hydroxylation is 1. The fourth-order valence-electron chi connectivity index (χ4n) is 4.56. The van der Waals surface area contributed by atoms with Gasteiger partial charge in [-0.05, 0) is 66.9 Å². The first-order valence-electron chi connectivity index (χ1n) is 8.80. The summed E-state index contributed by atoms with van der Waals surface area (Å²) in [4.78, 5) is 0. The SMILES string of the molecule is Cc1ccc2c(c1)cc1ccc3cccc4c5ccccc5c2c1c34. The molecule has 0 N–H and O–H groups in total. The van der Waals surface area contributed by atoms with Crippen molar-refractivity contribution in [1.29, 1.82) is 0 Å². The molecule has 0 bridgehead atoms. The lowest BCUT2D eigenvalue weighted by molar-refractivity contribution is 1.51. The minimum atomic E-state index is 1.31. The Morgan fingerprint density at radius 3 is 2.12 bits per heavy atom. The summed E-state index contributed by atoms with van der Waals surface area (Å²) in [6, 6.07) is 29.2. The van der Waals surface area contributed by atoms with Gasteiger partial charge < -0.3 is 0 Å². The second-order valence-corrected chi connectivity index (χ2v) is 7.09. The Kier molecular flexibility index (Phi) is 2.37. The molecule has 0 spiro atoms. The number of fused-ring (bicyclic) bond motifs is 5. The summed E-state index contributed by atoms with van der Waals surface area (Å²) in [7, 11) is 0. The van der Waals surface area contributed by atoms with Gasteiger partial charge in [0.25, 0.3) is 0 Å². The fourth-order valence-corrected chi connectivity index (χ4v) is 4.56. The van der Waals surface area contributed by atoms with Crippen molar-refractivity contribution in [2.24, 2.45) is 0 Å². The predicted molar refractivity (Wildman–Crippen MR) is 110 cm³/mol. The molecule has 0 aliphatic rings. The zero-order chi connectivity index (χ0) is 16.5. The lowest BCUT2D eigenvalue weighted by Gasteiger charge is -2.16. The van der Waals surface area contributed by atoms with Crippen LogP contribution < -0.4 is 0 Å². The van der Waals surface area contributed by atoms with Crippen molar-refractivity contribution in [2.75, 3.05) is 0 Å². The van der Waals surface area contributed by atoms with Gasteiger partial charge in [-0.3, -0.25) is 0 Å². The van der Waals surface area contributed by atoms with E-state index in [4.69, 9.17) is 0 Å². The zero-order valence-electron chi connectivity index (χ0n) is 14.0. The van der Waals surface area contributed by atoms with Crippen LogP contribution in [-0.4, -0.2) is 0 Å². The molecule has 0 fully saturated rings. The molecular formula is C25H16. The van der Waals surface area contributed by atoms with Crippen molar-refractivity contribution < 1.29 is 0 Å². The largest absolute Gasteiger partial charge is 0.0616 e. The van der Waals surface area contributed by atoms with Gasteiger partial charge in [-0.25, -0.2) is 0 Å². The molecule has 0 atom stereocenters. The molecule has 0 aliphatic carbocycles. The lowest BCUT2D eigenvalue weighted by Crippen LogP contribution is -1.89. The zero-order valence-corrected chi connectivity index (χ0v) is 14.0. The Hall–Kier alpha value is -3.12. The molecule has 6 aromatic rings. The van der Waals surface area contributed by atoms with E-state index in [9.17, 15) is 0 Å². The standard InChI is InChI=1S/C25H16/c1-15-9-12-19-18(13-15)14-17-11-10-16-5-4-8-21-20-6-2-3-7-22(20)25(19)24(17)23(16)21/h2-14H,1H3. The molecule has 25 heavy (non-hydrogen) atoms. The number of benzene rings is 6. The first-order valence-corrected chi connectivity index (χ1v) is 8.80. The minimum Gasteiger partial charge on any atom is -0.0616 e. The first-order chi connectivity index (χ1) is 12.3. The van der Waals surface area contributed by atoms with E-state index in [2.05, 4.69) is 85.8 Å². The van der Waals surface area contributed by atoms with Gasteiger partial charge in [-0.1, -0.05) is 78.4 Å². The summed E-state index contributed by atoms with van der Waals surface area (Å²) in [5.74, 6) is 0. The van der Waals surface area contributed by atoms with Crippen LogP contribution in [0.5, 0.6) is 0 Å². The van der Waals surface area contributed by atoms with Gasteiger partial charge in [0, 0.05) is 0 Å². The predicted octanol–water partition coefficient (Wildman–Crippen LogP) is 7.20. The molecule has 0 amide bonds. The highest BCUT2D eigenvalue weighted by molar-refractivity contribution is 6.38. The third-order valence-electron chi connectivity index (χ3n) is 5.60. The maximum absolute atomic E-state index is 2.35. The summed E-state index contributed by atoms with van der Waals surface area (Å²) >= 11 is 0. The summed E-state index contributed by atoms with van der Waals surface area (Å²) in [6.45, 7) is 2.17. The van der Waals surface area contributed by atoms with E-state index in [0.717, 1.165) is 0 Å². The third-order valence-corrected chi connectivity index (χ3v) is 5.60. The van der Waals surface area contributed by atoms with Gasteiger partial charge in [-0.2, -0.15) is 0 Å². The second kappa shape index (κ2) is 4.49. The quantitative estimate of drug-likeness (QED) is 0.205. The smallest absolute Gasteiger partial charge is 0.00139 e. The van der Waals surface area contributed by atoms with E-state index < -0.39 is 0 Å². The fraction of sp³-hybridized carbons (Fsp3) is 0.0400. The number of rotatable bonds is 0. The Morgan fingerprint density at radius 1 is 0.440 bits per heavy atom. The topological polar surface area (TPSA) is 0 Å². The molecule has 0 heterocycles. The Balaban J connectivity index is 2.11. The lowest BCUT2D eigenvalue weighted by atomic mass is 9.86. The van der Waals surface area contributed by atoms with Gasteiger partial charge in [-0.15, -0.1) is 0 Å². The van der Waals surface area contributed by atoms with Crippen LogP contribution in [0.3, 0.4) is 0 Å².